The van der Waals surface area contributed by atoms with Crippen LogP contribution in [0.25, 0.3) is 0 Å². The zero-order valence-corrected chi connectivity index (χ0v) is 14.9. The second-order valence-corrected chi connectivity index (χ2v) is 7.80. The van der Waals surface area contributed by atoms with Crippen LogP contribution in [0.5, 0.6) is 0 Å². The molecule has 2 heteroatoms. The molecule has 0 aromatic carbocycles. The van der Waals surface area contributed by atoms with Crippen molar-refractivity contribution in [2.24, 2.45) is 17.3 Å². The SMILES string of the molecule is C1CCNCC1.CC(C)(C)C1CCOCC1.CC(C)C. The van der Waals surface area contributed by atoms with Crippen LogP contribution in [0, 0.1) is 17.3 Å². The summed E-state index contributed by atoms with van der Waals surface area (Å²) in [6.45, 7) is 17.9. The molecule has 0 aromatic heterocycles. The minimum absolute atomic E-state index is 0.490. The molecule has 0 radical (unpaired) electrons. The maximum atomic E-state index is 5.29. The minimum Gasteiger partial charge on any atom is -0.381 e. The third kappa shape index (κ3) is 12.9. The van der Waals surface area contributed by atoms with E-state index in [9.17, 15) is 0 Å². The van der Waals surface area contributed by atoms with Crippen molar-refractivity contribution in [2.75, 3.05) is 26.3 Å². The van der Waals surface area contributed by atoms with Gasteiger partial charge in [0.25, 0.3) is 0 Å². The first-order valence-corrected chi connectivity index (χ1v) is 8.62. The van der Waals surface area contributed by atoms with Crippen LogP contribution in [0.4, 0.5) is 0 Å². The standard InChI is InChI=1S/C9H18O.C5H11N.C4H10/c1-9(2,3)8-4-6-10-7-5-8;1-2-4-6-5-3-1;1-4(2)3/h8H,4-7H2,1-3H3;6H,1-5H2;4H,1-3H3. The molecule has 0 atom stereocenters. The fourth-order valence-electron chi connectivity index (χ4n) is 2.37. The molecular formula is C18H39NO. The first-order chi connectivity index (χ1) is 9.34. The van der Waals surface area contributed by atoms with E-state index < -0.39 is 0 Å². The van der Waals surface area contributed by atoms with Gasteiger partial charge in [0, 0.05) is 13.2 Å². The van der Waals surface area contributed by atoms with E-state index in [0.717, 1.165) is 25.0 Å². The van der Waals surface area contributed by atoms with Crippen LogP contribution in [0.2, 0.25) is 0 Å². The van der Waals surface area contributed by atoms with Gasteiger partial charge in [0.05, 0.1) is 0 Å². The number of ether oxygens (including phenoxy) is 1. The molecule has 0 unspecified atom stereocenters. The number of hydrogen-bond donors (Lipinski definition) is 1. The molecule has 2 fully saturated rings. The van der Waals surface area contributed by atoms with E-state index in [1.165, 1.54) is 45.2 Å². The smallest absolute Gasteiger partial charge is 0.0468 e. The molecule has 20 heavy (non-hydrogen) atoms. The second kappa shape index (κ2) is 11.6. The van der Waals surface area contributed by atoms with Gasteiger partial charge >= 0.3 is 0 Å². The van der Waals surface area contributed by atoms with E-state index in [1.54, 1.807) is 0 Å². The van der Waals surface area contributed by atoms with Crippen molar-refractivity contribution in [1.82, 2.24) is 5.32 Å². The first-order valence-electron chi connectivity index (χ1n) is 8.62. The number of rotatable bonds is 0. The maximum absolute atomic E-state index is 5.29. The summed E-state index contributed by atoms with van der Waals surface area (Å²) in [6, 6.07) is 0. The van der Waals surface area contributed by atoms with Gasteiger partial charge in [-0.25, -0.2) is 0 Å². The summed E-state index contributed by atoms with van der Waals surface area (Å²) in [6.07, 6.45) is 6.72. The maximum Gasteiger partial charge on any atom is 0.0468 e. The van der Waals surface area contributed by atoms with Crippen molar-refractivity contribution in [1.29, 1.82) is 0 Å². The summed E-state index contributed by atoms with van der Waals surface area (Å²) in [4.78, 5) is 0. The van der Waals surface area contributed by atoms with Gasteiger partial charge in [-0.2, -0.15) is 0 Å². The molecule has 0 aromatic rings. The van der Waals surface area contributed by atoms with Crippen molar-refractivity contribution in [3.8, 4) is 0 Å². The van der Waals surface area contributed by atoms with Crippen molar-refractivity contribution in [3.63, 3.8) is 0 Å². The molecule has 2 aliphatic heterocycles. The fourth-order valence-corrected chi connectivity index (χ4v) is 2.37. The number of nitrogens with one attached hydrogen (secondary N) is 1. The lowest BCUT2D eigenvalue weighted by Gasteiger charge is -2.33. The van der Waals surface area contributed by atoms with Crippen LogP contribution in [0.3, 0.4) is 0 Å². The van der Waals surface area contributed by atoms with Gasteiger partial charge < -0.3 is 10.1 Å². The van der Waals surface area contributed by atoms with Gasteiger partial charge in [0.1, 0.15) is 0 Å². The molecule has 0 saturated carbocycles. The van der Waals surface area contributed by atoms with Crippen molar-refractivity contribution >= 4 is 0 Å². The Morgan fingerprint density at radius 2 is 1.35 bits per heavy atom. The molecule has 0 amide bonds. The number of hydrogen-bond acceptors (Lipinski definition) is 2. The predicted octanol–water partition coefficient (Wildman–Crippen LogP) is 4.88. The van der Waals surface area contributed by atoms with Crippen molar-refractivity contribution < 1.29 is 4.74 Å². The van der Waals surface area contributed by atoms with E-state index in [2.05, 4.69) is 46.9 Å². The summed E-state index contributed by atoms with van der Waals surface area (Å²) in [5.41, 5.74) is 0.490. The molecule has 0 spiro atoms. The Hall–Kier alpha value is -0.0800. The molecule has 2 rings (SSSR count). The Morgan fingerprint density at radius 3 is 1.55 bits per heavy atom. The molecule has 1 N–H and O–H groups in total. The van der Waals surface area contributed by atoms with Crippen LogP contribution < -0.4 is 5.32 Å². The number of piperidine rings is 1. The Kier molecular flexibility index (Phi) is 11.5. The van der Waals surface area contributed by atoms with Crippen LogP contribution >= 0.6 is 0 Å². The summed E-state index contributed by atoms with van der Waals surface area (Å²) >= 11 is 0. The Morgan fingerprint density at radius 1 is 0.900 bits per heavy atom. The van der Waals surface area contributed by atoms with E-state index >= 15 is 0 Å². The van der Waals surface area contributed by atoms with E-state index in [-0.39, 0.29) is 0 Å². The van der Waals surface area contributed by atoms with Gasteiger partial charge in [-0.1, -0.05) is 48.0 Å². The highest BCUT2D eigenvalue weighted by Gasteiger charge is 2.25. The molecule has 0 bridgehead atoms. The normalized spacial score (nSPS) is 20.6. The van der Waals surface area contributed by atoms with Gasteiger partial charge in [-0.05, 0) is 56.0 Å². The summed E-state index contributed by atoms with van der Waals surface area (Å²) in [7, 11) is 0. The Labute approximate surface area is 128 Å². The highest BCUT2D eigenvalue weighted by atomic mass is 16.5. The third-order valence-electron chi connectivity index (χ3n) is 3.65. The van der Waals surface area contributed by atoms with Crippen molar-refractivity contribution in [3.05, 3.63) is 0 Å². The molecule has 2 nitrogen and oxygen atoms in total. The molecule has 122 valence electrons. The lowest BCUT2D eigenvalue weighted by molar-refractivity contribution is 0.0286. The van der Waals surface area contributed by atoms with Gasteiger partial charge in [0.15, 0.2) is 0 Å². The average Bonchev–Trinajstić information content (AvgIpc) is 2.41. The van der Waals surface area contributed by atoms with E-state index in [4.69, 9.17) is 4.74 Å². The highest BCUT2D eigenvalue weighted by molar-refractivity contribution is 4.75. The monoisotopic (exact) mass is 285 g/mol. The Balaban J connectivity index is 0.000000307. The van der Waals surface area contributed by atoms with Crippen LogP contribution in [0.1, 0.15) is 73.6 Å². The van der Waals surface area contributed by atoms with Crippen LogP contribution in [0.15, 0.2) is 0 Å². The molecule has 2 saturated heterocycles. The molecule has 0 aliphatic carbocycles. The summed E-state index contributed by atoms with van der Waals surface area (Å²) in [5.74, 6) is 1.71. The van der Waals surface area contributed by atoms with Crippen molar-refractivity contribution in [2.45, 2.75) is 73.6 Å². The minimum atomic E-state index is 0.490. The largest absolute Gasteiger partial charge is 0.381 e. The van der Waals surface area contributed by atoms with E-state index in [0.29, 0.717) is 5.41 Å². The zero-order valence-electron chi connectivity index (χ0n) is 14.9. The molecule has 2 aliphatic rings. The van der Waals surface area contributed by atoms with Gasteiger partial charge in [0.2, 0.25) is 0 Å². The van der Waals surface area contributed by atoms with Gasteiger partial charge in [-0.15, -0.1) is 0 Å². The Bertz CT molecular complexity index is 184. The first kappa shape index (κ1) is 19.9. The lowest BCUT2D eigenvalue weighted by Crippen LogP contribution is -2.27. The highest BCUT2D eigenvalue weighted by Crippen LogP contribution is 2.33. The third-order valence-corrected chi connectivity index (χ3v) is 3.65. The van der Waals surface area contributed by atoms with Crippen LogP contribution in [-0.4, -0.2) is 26.3 Å². The van der Waals surface area contributed by atoms with Gasteiger partial charge in [-0.3, -0.25) is 0 Å². The summed E-state index contributed by atoms with van der Waals surface area (Å²) < 4.78 is 5.29. The van der Waals surface area contributed by atoms with Crippen LogP contribution in [-0.2, 0) is 4.74 Å². The topological polar surface area (TPSA) is 21.3 Å². The zero-order chi connectivity index (χ0) is 15.4. The second-order valence-electron chi connectivity index (χ2n) is 7.80. The fraction of sp³-hybridized carbons (Fsp3) is 1.00. The quantitative estimate of drug-likeness (QED) is 0.685. The molecular weight excluding hydrogens is 246 g/mol. The lowest BCUT2D eigenvalue weighted by atomic mass is 9.76. The molecule has 2 heterocycles. The average molecular weight is 286 g/mol. The summed E-state index contributed by atoms with van der Waals surface area (Å²) in [5, 5.41) is 3.28. The van der Waals surface area contributed by atoms with E-state index in [1.807, 2.05) is 0 Å². The predicted molar refractivity (Wildman–Crippen MR) is 90.2 cm³/mol.